The van der Waals surface area contributed by atoms with Gasteiger partial charge in [-0.2, -0.15) is 0 Å². The molecule has 0 aromatic carbocycles. The highest BCUT2D eigenvalue weighted by Crippen LogP contribution is 2.41. The maximum Gasteiger partial charge on any atom is -0.0104 e. The highest BCUT2D eigenvalue weighted by Gasteiger charge is 2.27. The third-order valence-electron chi connectivity index (χ3n) is 7.66. The van der Waals surface area contributed by atoms with E-state index in [4.69, 9.17) is 0 Å². The molecule has 0 aliphatic heterocycles. The molecule has 0 N–H and O–H groups in total. The van der Waals surface area contributed by atoms with Crippen molar-refractivity contribution < 1.29 is 0 Å². The van der Waals surface area contributed by atoms with E-state index in [1.54, 1.807) is 11.1 Å². The second-order valence-electron chi connectivity index (χ2n) is 12.0. The molecular formula is C35H50. The second-order valence-corrected chi connectivity index (χ2v) is 12.0. The molecule has 0 radical (unpaired) electrons. The smallest absolute Gasteiger partial charge is 0.0104 e. The van der Waals surface area contributed by atoms with Gasteiger partial charge in [-0.15, -0.1) is 0 Å². The Kier molecular flexibility index (Phi) is 10.8. The summed E-state index contributed by atoms with van der Waals surface area (Å²) in [5.41, 5.74) is 10.5. The van der Waals surface area contributed by atoms with Crippen molar-refractivity contribution >= 4 is 0 Å². The van der Waals surface area contributed by atoms with Gasteiger partial charge in [0.1, 0.15) is 0 Å². The Morgan fingerprint density at radius 3 is 1.34 bits per heavy atom. The summed E-state index contributed by atoms with van der Waals surface area (Å²) in [6.07, 6.45) is 32.0. The van der Waals surface area contributed by atoms with E-state index in [9.17, 15) is 0 Å². The van der Waals surface area contributed by atoms with Crippen LogP contribution in [0.3, 0.4) is 0 Å². The molecule has 0 nitrogen and oxygen atoms in total. The first kappa shape index (κ1) is 28.9. The summed E-state index contributed by atoms with van der Waals surface area (Å²) >= 11 is 0. The lowest BCUT2D eigenvalue weighted by Crippen LogP contribution is -2.19. The normalized spacial score (nSPS) is 22.6. The van der Waals surface area contributed by atoms with Gasteiger partial charge in [-0.05, 0) is 95.1 Å². The van der Waals surface area contributed by atoms with Crippen LogP contribution in [0.5, 0.6) is 0 Å². The van der Waals surface area contributed by atoms with Gasteiger partial charge in [-0.3, -0.25) is 0 Å². The molecule has 190 valence electrons. The molecule has 0 aromatic rings. The Morgan fingerprint density at radius 2 is 0.943 bits per heavy atom. The average molecular weight is 471 g/mol. The molecule has 0 saturated carbocycles. The van der Waals surface area contributed by atoms with Gasteiger partial charge in [-0.1, -0.05) is 122 Å². The van der Waals surface area contributed by atoms with E-state index in [-0.39, 0.29) is 0 Å². The van der Waals surface area contributed by atoms with E-state index < -0.39 is 0 Å². The van der Waals surface area contributed by atoms with E-state index in [1.807, 2.05) is 0 Å². The van der Waals surface area contributed by atoms with Crippen LogP contribution in [0, 0.1) is 10.8 Å². The Bertz CT molecular complexity index is 1020. The summed E-state index contributed by atoms with van der Waals surface area (Å²) < 4.78 is 0. The Hall–Kier alpha value is -2.34. The molecule has 0 aromatic heterocycles. The number of hydrogen-bond acceptors (Lipinski definition) is 0. The third kappa shape index (κ3) is 9.32. The van der Waals surface area contributed by atoms with Crippen LogP contribution in [0.15, 0.2) is 106 Å². The van der Waals surface area contributed by atoms with Crippen molar-refractivity contribution in [2.24, 2.45) is 10.8 Å². The predicted molar refractivity (Wildman–Crippen MR) is 158 cm³/mol. The number of hydrogen-bond donors (Lipinski definition) is 0. The summed E-state index contributed by atoms with van der Waals surface area (Å²) in [6.45, 7) is 20.6. The van der Waals surface area contributed by atoms with Crippen LogP contribution in [-0.2, 0) is 0 Å². The van der Waals surface area contributed by atoms with Gasteiger partial charge >= 0.3 is 0 Å². The first-order chi connectivity index (χ1) is 16.4. The van der Waals surface area contributed by atoms with Crippen molar-refractivity contribution in [3.63, 3.8) is 0 Å². The standard InChI is InChI=1S/C35H50/c1-27(17-12-18-29(3)22-24-33-31(5)20-14-26-35(33,8)9)15-10-11-16-28(2)21-23-32-30(4)19-13-25-34(32,6)7/h10-12,15-18,21-24H,13-14,19-20,25-26H2,1-9H3/b11-10+,17-12+,23-21+,24-22+,27-15+,28-16+,29-18+. The summed E-state index contributed by atoms with van der Waals surface area (Å²) in [7, 11) is 0. The molecule has 0 saturated heterocycles. The van der Waals surface area contributed by atoms with Crippen molar-refractivity contribution in [2.45, 2.75) is 101 Å². The maximum atomic E-state index is 2.37. The zero-order valence-corrected chi connectivity index (χ0v) is 24.1. The molecule has 2 aliphatic carbocycles. The van der Waals surface area contributed by atoms with Gasteiger partial charge in [0.2, 0.25) is 0 Å². The zero-order chi connectivity index (χ0) is 26.1. The molecule has 35 heavy (non-hydrogen) atoms. The van der Waals surface area contributed by atoms with E-state index in [0.29, 0.717) is 10.8 Å². The van der Waals surface area contributed by atoms with Crippen LogP contribution in [-0.4, -0.2) is 0 Å². The minimum Gasteiger partial charge on any atom is -0.0696 e. The molecule has 2 aliphatic rings. The minimum absolute atomic E-state index is 0.298. The Labute approximate surface area is 217 Å². The summed E-state index contributed by atoms with van der Waals surface area (Å²) in [4.78, 5) is 0. The van der Waals surface area contributed by atoms with Crippen molar-refractivity contribution in [1.82, 2.24) is 0 Å². The lowest BCUT2D eigenvalue weighted by atomic mass is 9.72. The van der Waals surface area contributed by atoms with Crippen LogP contribution >= 0.6 is 0 Å². The van der Waals surface area contributed by atoms with Gasteiger partial charge in [-0.25, -0.2) is 0 Å². The Morgan fingerprint density at radius 1 is 0.571 bits per heavy atom. The van der Waals surface area contributed by atoms with Gasteiger partial charge < -0.3 is 0 Å². The highest BCUT2D eigenvalue weighted by atomic mass is 14.3. The minimum atomic E-state index is 0.298. The van der Waals surface area contributed by atoms with E-state index in [2.05, 4.69) is 129 Å². The highest BCUT2D eigenvalue weighted by molar-refractivity contribution is 5.38. The molecule has 0 atom stereocenters. The number of allylic oxidation sites excluding steroid dienone is 18. The van der Waals surface area contributed by atoms with Crippen LogP contribution in [0.2, 0.25) is 0 Å². The average Bonchev–Trinajstić information content (AvgIpc) is 2.75. The first-order valence-corrected chi connectivity index (χ1v) is 13.6. The van der Waals surface area contributed by atoms with Crippen LogP contribution < -0.4 is 0 Å². The fourth-order valence-electron chi connectivity index (χ4n) is 5.38. The quantitative estimate of drug-likeness (QED) is 0.309. The molecule has 0 unspecified atom stereocenters. The monoisotopic (exact) mass is 470 g/mol. The van der Waals surface area contributed by atoms with Crippen LogP contribution in [0.4, 0.5) is 0 Å². The molecule has 0 bridgehead atoms. The zero-order valence-electron chi connectivity index (χ0n) is 24.1. The van der Waals surface area contributed by atoms with Crippen molar-refractivity contribution in [1.29, 1.82) is 0 Å². The van der Waals surface area contributed by atoms with Crippen LogP contribution in [0.1, 0.15) is 101 Å². The summed E-state index contributed by atoms with van der Waals surface area (Å²) in [5, 5.41) is 0. The lowest BCUT2D eigenvalue weighted by Gasteiger charge is -2.33. The number of rotatable bonds is 8. The van der Waals surface area contributed by atoms with Gasteiger partial charge in [0.05, 0.1) is 0 Å². The maximum absolute atomic E-state index is 2.37. The van der Waals surface area contributed by atoms with Crippen molar-refractivity contribution in [3.8, 4) is 0 Å². The second kappa shape index (κ2) is 13.1. The molecule has 0 heterocycles. The van der Waals surface area contributed by atoms with Crippen molar-refractivity contribution in [2.75, 3.05) is 0 Å². The largest absolute Gasteiger partial charge is 0.0696 e. The third-order valence-corrected chi connectivity index (χ3v) is 7.66. The fourth-order valence-corrected chi connectivity index (χ4v) is 5.38. The van der Waals surface area contributed by atoms with E-state index in [1.165, 1.54) is 66.4 Å². The molecular weight excluding hydrogens is 420 g/mol. The van der Waals surface area contributed by atoms with Gasteiger partial charge in [0.15, 0.2) is 0 Å². The summed E-state index contributed by atoms with van der Waals surface area (Å²) in [5.74, 6) is 0. The molecule has 0 amide bonds. The topological polar surface area (TPSA) is 0 Å². The van der Waals surface area contributed by atoms with Gasteiger partial charge in [0, 0.05) is 0 Å². The predicted octanol–water partition coefficient (Wildman–Crippen LogP) is 11.1. The molecule has 0 fully saturated rings. The Balaban J connectivity index is 1.93. The SMILES string of the molecule is CC1=C(/C=C/C(C)=C/C=C/C=C(C)/C=C/C=C(C)/C=C/C2=C(C)CCCC2(C)C)C(C)(C)CCC1. The molecule has 2 rings (SSSR count). The van der Waals surface area contributed by atoms with Crippen LogP contribution in [0.25, 0.3) is 0 Å². The first-order valence-electron chi connectivity index (χ1n) is 13.6. The van der Waals surface area contributed by atoms with E-state index in [0.717, 1.165) is 0 Å². The lowest BCUT2D eigenvalue weighted by molar-refractivity contribution is 0.376. The molecule has 0 spiro atoms. The van der Waals surface area contributed by atoms with Gasteiger partial charge in [0.25, 0.3) is 0 Å². The van der Waals surface area contributed by atoms with E-state index >= 15 is 0 Å². The molecule has 0 heteroatoms. The summed E-state index contributed by atoms with van der Waals surface area (Å²) in [6, 6.07) is 0. The van der Waals surface area contributed by atoms with Crippen molar-refractivity contribution in [3.05, 3.63) is 106 Å². The fraction of sp³-hybridized carbons (Fsp3) is 0.486.